The molecule has 0 bridgehead atoms. The number of nitrogens with zero attached hydrogens (tertiary/aromatic N) is 3. The van der Waals surface area contributed by atoms with Crippen molar-refractivity contribution in [2.45, 2.75) is 20.4 Å². The van der Waals surface area contributed by atoms with Crippen LogP contribution in [0.1, 0.15) is 27.2 Å². The first-order chi connectivity index (χ1) is 12.5. The second-order valence-corrected chi connectivity index (χ2v) is 6.27. The van der Waals surface area contributed by atoms with Gasteiger partial charge in [-0.2, -0.15) is 0 Å². The fourth-order valence-electron chi connectivity index (χ4n) is 2.50. The van der Waals surface area contributed by atoms with Crippen LogP contribution in [0.4, 0.5) is 11.6 Å². The van der Waals surface area contributed by atoms with E-state index in [0.717, 1.165) is 22.4 Å². The van der Waals surface area contributed by atoms with Gasteiger partial charge in [-0.05, 0) is 54.8 Å². The molecule has 0 atom stereocenters. The first kappa shape index (κ1) is 17.8. The van der Waals surface area contributed by atoms with Gasteiger partial charge in [-0.25, -0.2) is 9.97 Å². The van der Waals surface area contributed by atoms with Gasteiger partial charge in [0.05, 0.1) is 10.7 Å². The van der Waals surface area contributed by atoms with E-state index in [9.17, 15) is 4.79 Å². The molecular formula is C19H18ClN5O. The van der Waals surface area contributed by atoms with E-state index in [-0.39, 0.29) is 11.6 Å². The van der Waals surface area contributed by atoms with E-state index in [1.54, 1.807) is 18.5 Å². The molecule has 0 unspecified atom stereocenters. The van der Waals surface area contributed by atoms with Crippen LogP contribution in [-0.4, -0.2) is 20.9 Å². The van der Waals surface area contributed by atoms with Crippen LogP contribution in [0.2, 0.25) is 5.02 Å². The van der Waals surface area contributed by atoms with Gasteiger partial charge < -0.3 is 10.6 Å². The smallest absolute Gasteiger partial charge is 0.270 e. The number of carbonyl (C=O) groups excluding carboxylic acids is 1. The molecule has 2 N–H and O–H groups in total. The highest BCUT2D eigenvalue weighted by Crippen LogP contribution is 2.29. The van der Waals surface area contributed by atoms with Crippen LogP contribution < -0.4 is 10.6 Å². The van der Waals surface area contributed by atoms with E-state index in [1.165, 1.54) is 6.20 Å². The Bertz CT molecular complexity index is 907. The largest absolute Gasteiger partial charge is 0.347 e. The maximum absolute atomic E-state index is 12.3. The molecule has 0 aliphatic carbocycles. The Kier molecular flexibility index (Phi) is 5.43. The predicted octanol–water partition coefficient (Wildman–Crippen LogP) is 3.82. The van der Waals surface area contributed by atoms with E-state index in [2.05, 4.69) is 25.6 Å². The maximum Gasteiger partial charge on any atom is 0.270 e. The number of hydrogen-bond acceptors (Lipinski definition) is 5. The Balaban J connectivity index is 1.73. The van der Waals surface area contributed by atoms with Crippen LogP contribution in [0, 0.1) is 13.8 Å². The summed E-state index contributed by atoms with van der Waals surface area (Å²) in [5.41, 5.74) is 4.02. The number of hydrogen-bond donors (Lipinski definition) is 2. The van der Waals surface area contributed by atoms with Gasteiger partial charge in [0.2, 0.25) is 5.95 Å². The van der Waals surface area contributed by atoms with E-state index >= 15 is 0 Å². The van der Waals surface area contributed by atoms with E-state index in [1.807, 2.05) is 38.1 Å². The van der Waals surface area contributed by atoms with Crippen molar-refractivity contribution in [1.82, 2.24) is 20.3 Å². The number of halogens is 1. The van der Waals surface area contributed by atoms with Gasteiger partial charge in [0.15, 0.2) is 0 Å². The lowest BCUT2D eigenvalue weighted by Gasteiger charge is -2.12. The lowest BCUT2D eigenvalue weighted by Crippen LogP contribution is -2.24. The highest BCUT2D eigenvalue weighted by atomic mass is 35.5. The van der Waals surface area contributed by atoms with E-state index < -0.39 is 0 Å². The minimum atomic E-state index is -0.279. The molecule has 0 aliphatic heterocycles. The average molecular weight is 368 g/mol. The molecule has 0 saturated heterocycles. The van der Waals surface area contributed by atoms with Gasteiger partial charge in [0, 0.05) is 25.1 Å². The highest BCUT2D eigenvalue weighted by Gasteiger charge is 2.11. The summed E-state index contributed by atoms with van der Waals surface area (Å²) >= 11 is 6.30. The number of benzene rings is 1. The third kappa shape index (κ3) is 4.34. The molecule has 2 heterocycles. The summed E-state index contributed by atoms with van der Waals surface area (Å²) in [6.45, 7) is 4.33. The number of pyridine rings is 1. The molecule has 0 spiro atoms. The Morgan fingerprint density at radius 3 is 2.62 bits per heavy atom. The van der Waals surface area contributed by atoms with Crippen LogP contribution >= 0.6 is 11.6 Å². The van der Waals surface area contributed by atoms with Gasteiger partial charge in [-0.15, -0.1) is 0 Å². The second-order valence-electron chi connectivity index (χ2n) is 5.87. The third-order valence-electron chi connectivity index (χ3n) is 3.76. The molecule has 1 aromatic carbocycles. The number of amides is 1. The monoisotopic (exact) mass is 367 g/mol. The van der Waals surface area contributed by atoms with E-state index in [4.69, 9.17) is 11.6 Å². The van der Waals surface area contributed by atoms with Crippen molar-refractivity contribution < 1.29 is 4.79 Å². The van der Waals surface area contributed by atoms with Crippen molar-refractivity contribution in [3.05, 3.63) is 76.3 Å². The normalized spacial score (nSPS) is 10.4. The molecule has 3 aromatic rings. The van der Waals surface area contributed by atoms with E-state index in [0.29, 0.717) is 17.5 Å². The number of rotatable bonds is 5. The zero-order valence-corrected chi connectivity index (χ0v) is 15.2. The van der Waals surface area contributed by atoms with Crippen molar-refractivity contribution in [3.8, 4) is 0 Å². The fourth-order valence-corrected chi connectivity index (χ4v) is 2.87. The lowest BCUT2D eigenvalue weighted by atomic mass is 10.1. The Labute approximate surface area is 156 Å². The summed E-state index contributed by atoms with van der Waals surface area (Å²) in [7, 11) is 0. The summed E-state index contributed by atoms with van der Waals surface area (Å²) in [6.07, 6.45) is 4.90. The molecule has 2 aromatic heterocycles. The molecule has 1 amide bonds. The predicted molar refractivity (Wildman–Crippen MR) is 102 cm³/mol. The van der Waals surface area contributed by atoms with Crippen molar-refractivity contribution in [2.75, 3.05) is 5.32 Å². The van der Waals surface area contributed by atoms with Crippen molar-refractivity contribution in [2.24, 2.45) is 0 Å². The fraction of sp³-hybridized carbons (Fsp3) is 0.158. The maximum atomic E-state index is 12.3. The molecule has 0 saturated carbocycles. The van der Waals surface area contributed by atoms with Crippen LogP contribution in [0.5, 0.6) is 0 Å². The number of aryl methyl sites for hydroxylation is 2. The first-order valence-corrected chi connectivity index (χ1v) is 8.44. The Hall–Kier alpha value is -2.99. The number of carbonyl (C=O) groups is 1. The quantitative estimate of drug-likeness (QED) is 0.716. The molecule has 0 radical (unpaired) electrons. The van der Waals surface area contributed by atoms with Gasteiger partial charge in [0.25, 0.3) is 5.91 Å². The standard InChI is InChI=1S/C19H18ClN5O/c1-12-9-13(2)17(15(20)10-12)25-19-22-8-5-16(24-19)18(26)23-11-14-3-6-21-7-4-14/h3-10H,11H2,1-2H3,(H,23,26)(H,22,24,25). The Morgan fingerprint density at radius 1 is 1.12 bits per heavy atom. The summed E-state index contributed by atoms with van der Waals surface area (Å²) in [4.78, 5) is 24.7. The number of aromatic nitrogens is 3. The first-order valence-electron chi connectivity index (χ1n) is 8.07. The zero-order chi connectivity index (χ0) is 18.5. The highest BCUT2D eigenvalue weighted by molar-refractivity contribution is 6.33. The molecule has 0 fully saturated rings. The van der Waals surface area contributed by atoms with Gasteiger partial charge in [-0.1, -0.05) is 17.7 Å². The molecule has 7 heteroatoms. The third-order valence-corrected chi connectivity index (χ3v) is 4.06. The molecular weight excluding hydrogens is 350 g/mol. The topological polar surface area (TPSA) is 79.8 Å². The second kappa shape index (κ2) is 7.93. The van der Waals surface area contributed by atoms with Crippen molar-refractivity contribution in [1.29, 1.82) is 0 Å². The zero-order valence-electron chi connectivity index (χ0n) is 14.5. The van der Waals surface area contributed by atoms with Crippen LogP contribution in [0.3, 0.4) is 0 Å². The molecule has 26 heavy (non-hydrogen) atoms. The molecule has 132 valence electrons. The SMILES string of the molecule is Cc1cc(C)c(Nc2nccc(C(=O)NCc3ccncc3)n2)c(Cl)c1. The molecule has 0 aliphatic rings. The van der Waals surface area contributed by atoms with Crippen molar-refractivity contribution >= 4 is 29.1 Å². The summed E-state index contributed by atoms with van der Waals surface area (Å²) in [5, 5.41) is 6.50. The summed E-state index contributed by atoms with van der Waals surface area (Å²) in [5.74, 6) is 0.0365. The molecule has 3 rings (SSSR count). The van der Waals surface area contributed by atoms with Gasteiger partial charge in [0.1, 0.15) is 5.69 Å². The van der Waals surface area contributed by atoms with Gasteiger partial charge in [-0.3, -0.25) is 9.78 Å². The van der Waals surface area contributed by atoms with Crippen LogP contribution in [-0.2, 0) is 6.54 Å². The number of nitrogens with one attached hydrogen (secondary N) is 2. The minimum Gasteiger partial charge on any atom is -0.347 e. The average Bonchev–Trinajstić information content (AvgIpc) is 2.64. The van der Waals surface area contributed by atoms with Crippen LogP contribution in [0.15, 0.2) is 48.9 Å². The summed E-state index contributed by atoms with van der Waals surface area (Å²) < 4.78 is 0. The van der Waals surface area contributed by atoms with Crippen molar-refractivity contribution in [3.63, 3.8) is 0 Å². The molecule has 6 nitrogen and oxygen atoms in total. The minimum absolute atomic E-state index is 0.275. The van der Waals surface area contributed by atoms with Gasteiger partial charge >= 0.3 is 0 Å². The number of anilines is 2. The Morgan fingerprint density at radius 2 is 1.88 bits per heavy atom. The van der Waals surface area contributed by atoms with Crippen LogP contribution in [0.25, 0.3) is 0 Å². The summed E-state index contributed by atoms with van der Waals surface area (Å²) in [6, 6.07) is 9.13. The lowest BCUT2D eigenvalue weighted by molar-refractivity contribution is 0.0946.